The molecule has 2 aromatic heterocycles. The minimum Gasteiger partial charge on any atom is -0.550 e. The van der Waals surface area contributed by atoms with Crippen molar-refractivity contribution in [1.82, 2.24) is 0 Å². The molecule has 18 N–H and O–H groups in total. The van der Waals surface area contributed by atoms with Crippen molar-refractivity contribution >= 4 is 77.2 Å². The zero-order chi connectivity index (χ0) is 33.1. The van der Waals surface area contributed by atoms with Gasteiger partial charge in [-0.3, -0.25) is 11.5 Å². The number of benzene rings is 2. The molecule has 4 fully saturated rings. The SMILES string of the molecule is Nc1[nH+]c2ccccc2s1.Nc1[nH+]c2ccccc2s1.O.O.O.O.O.O.O=C([O-])[C@@H]1[C@H](C(=O)[O-])[C@H]2CC[C@@H]1O2.O=C([O-])[C@@H]1[C@H](C(=O)[O-])[C@H]2CC[C@@H]1O2.[Mn+2]. The van der Waals surface area contributed by atoms with E-state index in [0.717, 1.165) is 21.3 Å². The second-order valence-electron chi connectivity index (χ2n) is 11.1. The van der Waals surface area contributed by atoms with Crippen LogP contribution in [0.1, 0.15) is 25.7 Å². The van der Waals surface area contributed by atoms with Gasteiger partial charge in [0.15, 0.2) is 0 Å². The van der Waals surface area contributed by atoms with Crippen molar-refractivity contribution in [3.05, 3.63) is 48.5 Å². The van der Waals surface area contributed by atoms with Gasteiger partial charge in [-0.1, -0.05) is 24.3 Å². The molecule has 0 unspecified atom stereocenters. The van der Waals surface area contributed by atoms with Crippen molar-refractivity contribution in [2.24, 2.45) is 23.7 Å². The Morgan fingerprint density at radius 3 is 1.00 bits per heavy atom. The minimum atomic E-state index is -1.35. The number of hydrogen-bond donors (Lipinski definition) is 2. The summed E-state index contributed by atoms with van der Waals surface area (Å²) in [5.41, 5.74) is 13.3. The maximum absolute atomic E-state index is 10.6. The Labute approximate surface area is 319 Å². The van der Waals surface area contributed by atoms with Crippen LogP contribution in [0.4, 0.5) is 10.3 Å². The van der Waals surface area contributed by atoms with Crippen LogP contribution in [0.3, 0.4) is 0 Å². The van der Waals surface area contributed by atoms with Crippen LogP contribution in [0.5, 0.6) is 0 Å². The Morgan fingerprint density at radius 1 is 0.528 bits per heavy atom. The first-order chi connectivity index (χ1) is 21.9. The summed E-state index contributed by atoms with van der Waals surface area (Å²) in [7, 11) is 0. The van der Waals surface area contributed by atoms with E-state index in [1.54, 1.807) is 22.7 Å². The molecule has 8 atom stereocenters. The standard InChI is InChI=1S/2C8H10O5.2C7H6N2S.Mn.6H2O/c2*9-7(10)5-3-1-2-4(13-3)6(5)8(11)12;2*8-7-9-5-3-1-2-4-6(5)10-7;;;;;;;/h2*3-6H,1-2H2,(H,9,10)(H,11,12);2*1-4H,(H2,8,9);;6*1H2/q;;;;+2;;;;;;/p-2/t2*3-,4+,5-,6+;;;;;;;;;. The molecule has 0 spiro atoms. The third kappa shape index (κ3) is 11.9. The predicted molar refractivity (Wildman–Crippen MR) is 177 cm³/mol. The molecular weight excluding hydrogens is 791 g/mol. The van der Waals surface area contributed by atoms with Gasteiger partial charge in [0, 0.05) is 47.5 Å². The van der Waals surface area contributed by atoms with Gasteiger partial charge in [0.25, 0.3) is 0 Å². The average molecular weight is 834 g/mol. The van der Waals surface area contributed by atoms with Crippen LogP contribution >= 0.6 is 22.7 Å². The molecule has 4 saturated heterocycles. The molecule has 4 aliphatic rings. The summed E-state index contributed by atoms with van der Waals surface area (Å²) in [4.78, 5) is 48.6. The Hall–Kier alpha value is -4.10. The topological polar surface area (TPSA) is 448 Å². The third-order valence-electron chi connectivity index (χ3n) is 8.36. The number of ether oxygens (including phenoxy) is 2. The summed E-state index contributed by atoms with van der Waals surface area (Å²) in [6.45, 7) is 0. The van der Waals surface area contributed by atoms with E-state index in [-0.39, 0.29) is 49.9 Å². The largest absolute Gasteiger partial charge is 2.00 e. The quantitative estimate of drug-likeness (QED) is 0.181. The number of nitrogen functional groups attached to an aromatic ring is 2. The first kappa shape index (κ1) is 53.3. The van der Waals surface area contributed by atoms with Crippen LogP contribution < -0.4 is 41.9 Å². The summed E-state index contributed by atoms with van der Waals surface area (Å²) >= 11 is 3.15. The number of para-hydroxylation sites is 2. The molecule has 2 aromatic carbocycles. The van der Waals surface area contributed by atoms with Gasteiger partial charge in [0.1, 0.15) is 11.0 Å². The Bertz CT molecular complexity index is 1520. The number of aromatic amines is 2. The minimum absolute atomic E-state index is 0. The second-order valence-corrected chi connectivity index (χ2v) is 13.3. The van der Waals surface area contributed by atoms with E-state index in [9.17, 15) is 39.6 Å². The fourth-order valence-corrected chi connectivity index (χ4v) is 7.97. The van der Waals surface area contributed by atoms with Gasteiger partial charge in [-0.2, -0.15) is 0 Å². The Balaban J connectivity index is -0.000000606. The monoisotopic (exact) mass is 833 g/mol. The van der Waals surface area contributed by atoms with Crippen LogP contribution in [0.25, 0.3) is 20.4 Å². The number of H-pyrrole nitrogens is 2. The zero-order valence-corrected chi connectivity index (χ0v) is 30.3. The number of rotatable bonds is 4. The van der Waals surface area contributed by atoms with E-state index < -0.39 is 72.0 Å². The van der Waals surface area contributed by atoms with Crippen LogP contribution in [-0.4, -0.2) is 81.2 Å². The number of carboxylic acids is 4. The number of hydrogen-bond acceptors (Lipinski definition) is 14. The van der Waals surface area contributed by atoms with Crippen LogP contribution in [0.2, 0.25) is 0 Å². The van der Waals surface area contributed by atoms with Crippen molar-refractivity contribution in [3.63, 3.8) is 0 Å². The molecular formula is C30H42MnN4O16S2. The number of thiazole rings is 2. The maximum atomic E-state index is 10.6. The van der Waals surface area contributed by atoms with E-state index in [0.29, 0.717) is 25.7 Å². The van der Waals surface area contributed by atoms with E-state index >= 15 is 0 Å². The molecule has 6 heterocycles. The third-order valence-corrected chi connectivity index (χ3v) is 10.2. The van der Waals surface area contributed by atoms with Gasteiger partial charge in [0.05, 0.1) is 33.8 Å². The maximum Gasteiger partial charge on any atom is 2.00 e. The number of anilines is 2. The van der Waals surface area contributed by atoms with Gasteiger partial charge in [-0.05, 0) is 72.6 Å². The summed E-state index contributed by atoms with van der Waals surface area (Å²) in [5.74, 6) is -9.48. The smallest absolute Gasteiger partial charge is 0.550 e. The number of aromatic nitrogens is 2. The first-order valence-electron chi connectivity index (χ1n) is 14.4. The molecule has 23 heteroatoms. The fraction of sp³-hybridized carbons (Fsp3) is 0.400. The van der Waals surface area contributed by atoms with Crippen molar-refractivity contribution in [1.29, 1.82) is 0 Å². The molecule has 0 amide bonds. The van der Waals surface area contributed by atoms with Gasteiger partial charge in [0.2, 0.25) is 0 Å². The van der Waals surface area contributed by atoms with Crippen LogP contribution in [0, 0.1) is 23.7 Å². The molecule has 8 rings (SSSR count). The van der Waals surface area contributed by atoms with E-state index in [4.69, 9.17) is 20.9 Å². The molecule has 0 aliphatic carbocycles. The van der Waals surface area contributed by atoms with E-state index in [1.165, 1.54) is 9.40 Å². The van der Waals surface area contributed by atoms with Crippen LogP contribution in [0.15, 0.2) is 48.5 Å². The van der Waals surface area contributed by atoms with E-state index in [1.807, 2.05) is 48.5 Å². The van der Waals surface area contributed by atoms with Crippen molar-refractivity contribution in [2.75, 3.05) is 11.5 Å². The summed E-state index contributed by atoms with van der Waals surface area (Å²) < 4.78 is 12.8. The first-order valence-corrected chi connectivity index (χ1v) is 16.0. The molecule has 297 valence electrons. The summed E-state index contributed by atoms with van der Waals surface area (Å²) in [5, 5.41) is 44.0. The number of nitrogens with two attached hydrogens (primary N) is 2. The molecule has 4 aromatic rings. The van der Waals surface area contributed by atoms with Crippen molar-refractivity contribution in [2.45, 2.75) is 50.1 Å². The second kappa shape index (κ2) is 22.9. The van der Waals surface area contributed by atoms with Gasteiger partial charge in [-0.15, -0.1) is 0 Å². The van der Waals surface area contributed by atoms with Crippen LogP contribution in [-0.2, 0) is 45.7 Å². The molecule has 20 nitrogen and oxygen atoms in total. The predicted octanol–water partition coefficient (Wildman–Crippen LogP) is -7.80. The van der Waals surface area contributed by atoms with Gasteiger partial charge in [-0.25, -0.2) is 9.97 Å². The van der Waals surface area contributed by atoms with Crippen molar-refractivity contribution < 1.29 is 109 Å². The number of carboxylic acid groups (broad SMARTS) is 4. The summed E-state index contributed by atoms with van der Waals surface area (Å²) in [6.07, 6.45) is 0.465. The molecule has 53 heavy (non-hydrogen) atoms. The fourth-order valence-electron chi connectivity index (χ4n) is 6.42. The number of carbonyl (C=O) groups is 4. The zero-order valence-electron chi connectivity index (χ0n) is 27.5. The Kier molecular flexibility index (Phi) is 23.0. The van der Waals surface area contributed by atoms with Gasteiger partial charge >= 0.3 is 27.3 Å². The van der Waals surface area contributed by atoms with Crippen molar-refractivity contribution in [3.8, 4) is 0 Å². The molecule has 4 bridgehead atoms. The normalized spacial score (nSPS) is 24.6. The Morgan fingerprint density at radius 2 is 0.774 bits per heavy atom. The van der Waals surface area contributed by atoms with Gasteiger partial charge < -0.3 is 81.9 Å². The number of carbonyl (C=O) groups excluding carboxylic acids is 4. The molecule has 1 radical (unpaired) electrons. The molecule has 4 aliphatic heterocycles. The number of aliphatic carboxylic acids is 4. The molecule has 0 saturated carbocycles. The number of fused-ring (bicyclic) bond motifs is 6. The average Bonchev–Trinajstić information content (AvgIpc) is 3.85. The van der Waals surface area contributed by atoms with E-state index in [2.05, 4.69) is 9.97 Å². The number of nitrogens with one attached hydrogen (secondary N) is 2. The summed E-state index contributed by atoms with van der Waals surface area (Å²) in [6, 6.07) is 16.1.